The fraction of sp³-hybridized carbons (Fsp3) is 0.350. The van der Waals surface area contributed by atoms with Crippen LogP contribution in [0.3, 0.4) is 0 Å². The van der Waals surface area contributed by atoms with Crippen LogP contribution in [0.25, 0.3) is 0 Å². The van der Waals surface area contributed by atoms with E-state index in [2.05, 4.69) is 20.0 Å². The fourth-order valence-electron chi connectivity index (χ4n) is 2.59. The second kappa shape index (κ2) is 11.7. The average molecular weight is 512 g/mol. The number of amides is 1. The van der Waals surface area contributed by atoms with Crippen LogP contribution in [0.1, 0.15) is 28.5 Å². The molecule has 1 unspecified atom stereocenters. The van der Waals surface area contributed by atoms with E-state index in [0.717, 1.165) is 6.20 Å². The van der Waals surface area contributed by atoms with Crippen molar-refractivity contribution in [3.8, 4) is 5.75 Å². The number of halogens is 7. The van der Waals surface area contributed by atoms with Crippen LogP contribution in [0.2, 0.25) is 0 Å². The molecule has 192 valence electrons. The Bertz CT molecular complexity index is 1030. The molecule has 1 aromatic carbocycles. The highest BCUT2D eigenvalue weighted by molar-refractivity contribution is 6.02. The minimum absolute atomic E-state index is 0.0351. The van der Waals surface area contributed by atoms with Crippen LogP contribution in [0.4, 0.5) is 36.4 Å². The number of hydrogen-bond donors (Lipinski definition) is 3. The molecule has 0 radical (unpaired) electrons. The number of hydrogen-bond acceptors (Lipinski definition) is 7. The van der Waals surface area contributed by atoms with E-state index in [1.54, 1.807) is 0 Å². The summed E-state index contributed by atoms with van der Waals surface area (Å²) in [6, 6.07) is 5.83. The lowest BCUT2D eigenvalue weighted by Crippen LogP contribution is -2.24. The average Bonchev–Trinajstić information content (AvgIpc) is 2.79. The van der Waals surface area contributed by atoms with Crippen molar-refractivity contribution < 1.29 is 50.1 Å². The first-order valence-electron chi connectivity index (χ1n) is 9.67. The molecular formula is C20H19F7N4O4. The number of alkyl halides is 6. The van der Waals surface area contributed by atoms with Crippen molar-refractivity contribution in [1.29, 1.82) is 0 Å². The number of aliphatic imine (C=N–C) groups is 1. The monoisotopic (exact) mass is 512 g/mol. The zero-order chi connectivity index (χ0) is 26.2. The maximum Gasteiger partial charge on any atom is 0.422 e. The SMILES string of the molecule is NC1=NC(c2cc(NC(=O)c3ccc(OCC(F)(F)F)cn3)ccc2F)CCO1.OCC(F)(F)F. The van der Waals surface area contributed by atoms with Gasteiger partial charge in [0, 0.05) is 17.7 Å². The number of nitrogens with two attached hydrogens (primary N) is 1. The summed E-state index contributed by atoms with van der Waals surface area (Å²) < 4.78 is 91.8. The van der Waals surface area contributed by atoms with Crippen LogP contribution < -0.4 is 15.8 Å². The molecule has 1 atom stereocenters. The van der Waals surface area contributed by atoms with Crippen LogP contribution in [0, 0.1) is 5.82 Å². The molecule has 35 heavy (non-hydrogen) atoms. The molecule has 0 saturated carbocycles. The number of ether oxygens (including phenoxy) is 2. The number of anilines is 1. The van der Waals surface area contributed by atoms with Gasteiger partial charge < -0.3 is 25.6 Å². The second-order valence-corrected chi connectivity index (χ2v) is 6.87. The lowest BCUT2D eigenvalue weighted by Gasteiger charge is -2.20. The van der Waals surface area contributed by atoms with Crippen LogP contribution >= 0.6 is 0 Å². The van der Waals surface area contributed by atoms with Gasteiger partial charge in [-0.3, -0.25) is 4.79 Å². The first-order chi connectivity index (χ1) is 16.3. The highest BCUT2D eigenvalue weighted by Gasteiger charge is 2.28. The molecule has 2 heterocycles. The Hall–Kier alpha value is -3.62. The number of pyridine rings is 1. The Balaban J connectivity index is 0.000000641. The number of aromatic nitrogens is 1. The Morgan fingerprint density at radius 1 is 1.17 bits per heavy atom. The van der Waals surface area contributed by atoms with E-state index in [4.69, 9.17) is 15.6 Å². The summed E-state index contributed by atoms with van der Waals surface area (Å²) >= 11 is 0. The van der Waals surface area contributed by atoms with Crippen molar-refractivity contribution in [1.82, 2.24) is 4.98 Å². The Morgan fingerprint density at radius 3 is 2.40 bits per heavy atom. The van der Waals surface area contributed by atoms with E-state index < -0.39 is 43.3 Å². The number of rotatable bonds is 5. The third-order valence-electron chi connectivity index (χ3n) is 4.09. The van der Waals surface area contributed by atoms with E-state index >= 15 is 0 Å². The number of carbonyl (C=O) groups excluding carboxylic acids is 1. The molecule has 3 rings (SSSR count). The summed E-state index contributed by atoms with van der Waals surface area (Å²) in [5, 5.41) is 9.83. The second-order valence-electron chi connectivity index (χ2n) is 6.87. The van der Waals surface area contributed by atoms with Crippen LogP contribution in [0.15, 0.2) is 41.5 Å². The molecule has 2 aromatic rings. The summed E-state index contributed by atoms with van der Waals surface area (Å²) in [5.74, 6) is -1.26. The van der Waals surface area contributed by atoms with Crippen LogP contribution in [0.5, 0.6) is 5.75 Å². The van der Waals surface area contributed by atoms with Gasteiger partial charge in [0.1, 0.15) is 23.9 Å². The first-order valence-corrected chi connectivity index (χ1v) is 9.67. The smallest absolute Gasteiger partial charge is 0.422 e. The quantitative estimate of drug-likeness (QED) is 0.526. The molecule has 4 N–H and O–H groups in total. The number of nitrogens with one attached hydrogen (secondary N) is 1. The van der Waals surface area contributed by atoms with Crippen molar-refractivity contribution in [2.24, 2.45) is 10.7 Å². The van der Waals surface area contributed by atoms with Crippen molar-refractivity contribution in [2.75, 3.05) is 25.1 Å². The predicted molar refractivity (Wildman–Crippen MR) is 108 cm³/mol. The highest BCUT2D eigenvalue weighted by Crippen LogP contribution is 2.29. The third-order valence-corrected chi connectivity index (χ3v) is 4.09. The van der Waals surface area contributed by atoms with E-state index in [-0.39, 0.29) is 23.0 Å². The van der Waals surface area contributed by atoms with Gasteiger partial charge in [0.15, 0.2) is 6.61 Å². The molecule has 15 heteroatoms. The van der Waals surface area contributed by atoms with Gasteiger partial charge in [-0.05, 0) is 30.3 Å². The molecule has 1 amide bonds. The fourth-order valence-corrected chi connectivity index (χ4v) is 2.59. The summed E-state index contributed by atoms with van der Waals surface area (Å²) in [6.07, 6.45) is -7.44. The van der Waals surface area contributed by atoms with E-state index in [9.17, 15) is 35.5 Å². The Labute approximate surface area is 193 Å². The molecule has 1 aliphatic rings. The molecule has 0 spiro atoms. The lowest BCUT2D eigenvalue weighted by atomic mass is 10.0. The molecule has 1 aliphatic heterocycles. The number of aliphatic hydroxyl groups excluding tert-OH is 1. The lowest BCUT2D eigenvalue weighted by molar-refractivity contribution is -0.159. The molecule has 0 saturated heterocycles. The van der Waals surface area contributed by atoms with Crippen LogP contribution in [-0.2, 0) is 4.74 Å². The Morgan fingerprint density at radius 2 is 1.86 bits per heavy atom. The summed E-state index contributed by atoms with van der Waals surface area (Å²) in [4.78, 5) is 20.1. The molecule has 0 aliphatic carbocycles. The summed E-state index contributed by atoms with van der Waals surface area (Å²) in [5.41, 5.74) is 6.01. The molecule has 1 aromatic heterocycles. The van der Waals surface area contributed by atoms with Gasteiger partial charge in [0.05, 0.1) is 18.8 Å². The maximum absolute atomic E-state index is 14.2. The summed E-state index contributed by atoms with van der Waals surface area (Å²) in [7, 11) is 0. The number of nitrogens with zero attached hydrogens (tertiary/aromatic N) is 2. The largest absolute Gasteiger partial charge is 0.483 e. The van der Waals surface area contributed by atoms with E-state index in [1.807, 2.05) is 0 Å². The zero-order valence-electron chi connectivity index (χ0n) is 17.7. The van der Waals surface area contributed by atoms with Gasteiger partial charge in [-0.25, -0.2) is 14.4 Å². The van der Waals surface area contributed by atoms with E-state index in [1.165, 1.54) is 30.3 Å². The molecule has 8 nitrogen and oxygen atoms in total. The van der Waals surface area contributed by atoms with Crippen LogP contribution in [-0.4, -0.2) is 54.2 Å². The van der Waals surface area contributed by atoms with Crippen molar-refractivity contribution in [3.05, 3.63) is 53.6 Å². The van der Waals surface area contributed by atoms with Crippen molar-refractivity contribution in [2.45, 2.75) is 24.8 Å². The molecule has 0 fully saturated rings. The minimum atomic E-state index is -4.48. The molecule has 0 bridgehead atoms. The Kier molecular flexibility index (Phi) is 9.22. The van der Waals surface area contributed by atoms with Crippen molar-refractivity contribution >= 4 is 17.6 Å². The first kappa shape index (κ1) is 27.6. The van der Waals surface area contributed by atoms with Gasteiger partial charge >= 0.3 is 12.4 Å². The van der Waals surface area contributed by atoms with Gasteiger partial charge in [-0.15, -0.1) is 0 Å². The summed E-state index contributed by atoms with van der Waals surface area (Å²) in [6.45, 7) is -2.90. The van der Waals surface area contributed by atoms with E-state index in [0.29, 0.717) is 18.7 Å². The normalized spacial score (nSPS) is 15.8. The van der Waals surface area contributed by atoms with Crippen molar-refractivity contribution in [3.63, 3.8) is 0 Å². The van der Waals surface area contributed by atoms with Gasteiger partial charge in [0.25, 0.3) is 11.9 Å². The van der Waals surface area contributed by atoms with Gasteiger partial charge in [0.2, 0.25) is 0 Å². The van der Waals surface area contributed by atoms with Gasteiger partial charge in [-0.1, -0.05) is 0 Å². The number of amidine groups is 1. The number of aliphatic hydroxyl groups is 1. The standard InChI is InChI=1S/C18H16F4N4O3.C2H3F3O/c19-13-3-1-10(7-12(13)14-5-6-28-17(23)26-14)25-16(27)15-4-2-11(8-24-15)29-9-18(20,21)22;3-2(4,5)1-6/h1-4,7-8,14H,5-6,9H2,(H2,23,26)(H,25,27);6H,1H2. The number of carbonyl (C=O) groups is 1. The molecular weight excluding hydrogens is 493 g/mol. The zero-order valence-corrected chi connectivity index (χ0v) is 17.7. The minimum Gasteiger partial charge on any atom is -0.483 e. The number of benzene rings is 1. The highest BCUT2D eigenvalue weighted by atomic mass is 19.4. The third kappa shape index (κ3) is 9.64. The topological polar surface area (TPSA) is 119 Å². The predicted octanol–water partition coefficient (Wildman–Crippen LogP) is 3.73. The van der Waals surface area contributed by atoms with Gasteiger partial charge in [-0.2, -0.15) is 26.3 Å². The maximum atomic E-state index is 14.2.